The van der Waals surface area contributed by atoms with Crippen molar-refractivity contribution in [1.29, 1.82) is 0 Å². The molecule has 134 valence electrons. The summed E-state index contributed by atoms with van der Waals surface area (Å²) in [5, 5.41) is 17.5. The number of sulfone groups is 1. The quantitative estimate of drug-likeness (QED) is 0.614. The number of hydrogen-bond donors (Lipinski definition) is 1. The summed E-state index contributed by atoms with van der Waals surface area (Å²) in [5.41, 5.74) is 0.503. The zero-order valence-electron chi connectivity index (χ0n) is 14.0. The molecular weight excluding hydrogens is 348 g/mol. The molecule has 0 unspecified atom stereocenters. The molecule has 0 aliphatic rings. The monoisotopic (exact) mass is 366 g/mol. The smallest absolute Gasteiger partial charge is 0.312 e. The lowest BCUT2D eigenvalue weighted by atomic mass is 10.3. The zero-order chi connectivity index (χ0) is 18.8. The van der Waals surface area contributed by atoms with Crippen molar-refractivity contribution in [3.05, 3.63) is 45.8 Å². The van der Waals surface area contributed by atoms with Crippen LogP contribution >= 0.6 is 0 Å². The number of aryl methyl sites for hydroxylation is 1. The van der Waals surface area contributed by atoms with E-state index in [0.717, 1.165) is 0 Å². The van der Waals surface area contributed by atoms with Gasteiger partial charge in [0.2, 0.25) is 5.91 Å². The number of nitrogens with one attached hydrogen (secondary N) is 1. The zero-order valence-corrected chi connectivity index (χ0v) is 14.8. The maximum Gasteiger partial charge on any atom is 0.312 e. The molecule has 0 spiro atoms. The van der Waals surface area contributed by atoms with Gasteiger partial charge in [0.05, 0.1) is 21.3 Å². The van der Waals surface area contributed by atoms with Crippen LogP contribution in [0.2, 0.25) is 0 Å². The van der Waals surface area contributed by atoms with Gasteiger partial charge in [-0.2, -0.15) is 5.10 Å². The van der Waals surface area contributed by atoms with Crippen molar-refractivity contribution in [2.24, 2.45) is 0 Å². The Morgan fingerprint density at radius 3 is 2.52 bits per heavy atom. The summed E-state index contributed by atoms with van der Waals surface area (Å²) in [6.45, 7) is 4.24. The van der Waals surface area contributed by atoms with Crippen molar-refractivity contribution in [3.63, 3.8) is 0 Å². The minimum atomic E-state index is -3.50. The first-order valence-corrected chi connectivity index (χ1v) is 9.12. The van der Waals surface area contributed by atoms with Gasteiger partial charge in [-0.15, -0.1) is 0 Å². The van der Waals surface area contributed by atoms with Gasteiger partial charge in [0.15, 0.2) is 9.84 Å². The Kier molecular flexibility index (Phi) is 5.21. The van der Waals surface area contributed by atoms with Crippen LogP contribution in [-0.4, -0.2) is 34.8 Å². The van der Waals surface area contributed by atoms with Gasteiger partial charge >= 0.3 is 5.69 Å². The molecule has 2 rings (SSSR count). The number of carbonyl (C=O) groups is 1. The average Bonchev–Trinajstić information content (AvgIpc) is 2.81. The molecular formula is C15H18N4O5S. The summed E-state index contributed by atoms with van der Waals surface area (Å²) >= 11 is 0. The van der Waals surface area contributed by atoms with E-state index in [4.69, 9.17) is 0 Å². The number of nitro groups is 1. The highest BCUT2D eigenvalue weighted by molar-refractivity contribution is 7.91. The molecule has 1 aromatic carbocycles. The van der Waals surface area contributed by atoms with Crippen molar-refractivity contribution in [3.8, 4) is 0 Å². The van der Waals surface area contributed by atoms with Crippen molar-refractivity contribution in [2.45, 2.75) is 32.2 Å². The minimum Gasteiger partial charge on any atom is -0.323 e. The second-order valence-electron chi connectivity index (χ2n) is 5.38. The van der Waals surface area contributed by atoms with Crippen LogP contribution in [0.4, 0.5) is 11.4 Å². The SMILES string of the molecule is CCS(=O)(=O)c1ccccc1NC(=O)Cn1nc(C)c([N+](=O)[O-])c1C. The molecule has 0 radical (unpaired) electrons. The second kappa shape index (κ2) is 7.01. The highest BCUT2D eigenvalue weighted by atomic mass is 32.2. The van der Waals surface area contributed by atoms with Crippen molar-refractivity contribution >= 4 is 27.1 Å². The van der Waals surface area contributed by atoms with Gasteiger partial charge in [-0.3, -0.25) is 19.6 Å². The van der Waals surface area contributed by atoms with E-state index in [-0.39, 0.29) is 40.0 Å². The molecule has 0 atom stereocenters. The lowest BCUT2D eigenvalue weighted by Crippen LogP contribution is -2.21. The third kappa shape index (κ3) is 3.85. The Labute approximate surface area is 144 Å². The summed E-state index contributed by atoms with van der Waals surface area (Å²) in [5.74, 6) is -0.622. The first-order valence-electron chi connectivity index (χ1n) is 7.47. The van der Waals surface area contributed by atoms with Crippen LogP contribution in [-0.2, 0) is 21.2 Å². The third-order valence-electron chi connectivity index (χ3n) is 3.70. The Bertz CT molecular complexity index is 933. The second-order valence-corrected chi connectivity index (χ2v) is 7.63. The molecule has 1 N–H and O–H groups in total. The molecule has 1 aromatic heterocycles. The van der Waals surface area contributed by atoms with Gasteiger partial charge in [0.1, 0.15) is 17.9 Å². The molecule has 0 aliphatic heterocycles. The van der Waals surface area contributed by atoms with Crippen LogP contribution in [0.1, 0.15) is 18.3 Å². The van der Waals surface area contributed by atoms with E-state index < -0.39 is 20.7 Å². The molecule has 0 fully saturated rings. The molecule has 0 aliphatic carbocycles. The van der Waals surface area contributed by atoms with E-state index in [9.17, 15) is 23.3 Å². The highest BCUT2D eigenvalue weighted by Gasteiger charge is 2.23. The van der Waals surface area contributed by atoms with Gasteiger partial charge in [-0.1, -0.05) is 19.1 Å². The lowest BCUT2D eigenvalue weighted by molar-refractivity contribution is -0.386. The van der Waals surface area contributed by atoms with E-state index in [1.54, 1.807) is 12.1 Å². The van der Waals surface area contributed by atoms with Gasteiger partial charge in [0, 0.05) is 0 Å². The number of benzene rings is 1. The Balaban J connectivity index is 2.26. The van der Waals surface area contributed by atoms with E-state index in [1.807, 2.05) is 0 Å². The fourth-order valence-electron chi connectivity index (χ4n) is 2.43. The largest absolute Gasteiger partial charge is 0.323 e. The predicted octanol–water partition coefficient (Wildman–Crippen LogP) is 1.84. The summed E-state index contributed by atoms with van der Waals surface area (Å²) in [6.07, 6.45) is 0. The molecule has 9 nitrogen and oxygen atoms in total. The Morgan fingerprint density at radius 1 is 1.32 bits per heavy atom. The Hall–Kier alpha value is -2.75. The van der Waals surface area contributed by atoms with E-state index in [2.05, 4.69) is 10.4 Å². The van der Waals surface area contributed by atoms with Crippen LogP contribution in [0.15, 0.2) is 29.2 Å². The number of carbonyl (C=O) groups excluding carboxylic acids is 1. The summed E-state index contributed by atoms with van der Waals surface area (Å²) in [4.78, 5) is 22.7. The van der Waals surface area contributed by atoms with Gasteiger partial charge in [-0.25, -0.2) is 8.42 Å². The van der Waals surface area contributed by atoms with E-state index in [0.29, 0.717) is 0 Å². The average molecular weight is 366 g/mol. The number of aromatic nitrogens is 2. The molecule has 1 heterocycles. The molecule has 0 saturated carbocycles. The number of hydrogen-bond acceptors (Lipinski definition) is 6. The first kappa shape index (κ1) is 18.6. The van der Waals surface area contributed by atoms with Crippen molar-refractivity contribution in [1.82, 2.24) is 9.78 Å². The molecule has 0 saturated heterocycles. The molecule has 2 aromatic rings. The van der Waals surface area contributed by atoms with Crippen molar-refractivity contribution < 1.29 is 18.1 Å². The number of amides is 1. The van der Waals surface area contributed by atoms with Crippen LogP contribution in [0.5, 0.6) is 0 Å². The van der Waals surface area contributed by atoms with Crippen LogP contribution in [0, 0.1) is 24.0 Å². The van der Waals surface area contributed by atoms with E-state index >= 15 is 0 Å². The maximum absolute atomic E-state index is 12.3. The van der Waals surface area contributed by atoms with Gasteiger partial charge in [0.25, 0.3) is 0 Å². The van der Waals surface area contributed by atoms with Crippen molar-refractivity contribution in [2.75, 3.05) is 11.1 Å². The van der Waals surface area contributed by atoms with Crippen LogP contribution in [0.25, 0.3) is 0 Å². The Morgan fingerprint density at radius 2 is 1.96 bits per heavy atom. The summed E-state index contributed by atoms with van der Waals surface area (Å²) in [7, 11) is -3.50. The fraction of sp³-hybridized carbons (Fsp3) is 0.333. The highest BCUT2D eigenvalue weighted by Crippen LogP contribution is 2.23. The number of anilines is 1. The molecule has 25 heavy (non-hydrogen) atoms. The molecule has 0 bridgehead atoms. The molecule has 10 heteroatoms. The summed E-state index contributed by atoms with van der Waals surface area (Å²) in [6, 6.07) is 6.09. The predicted molar refractivity (Wildman–Crippen MR) is 91.2 cm³/mol. The molecule has 1 amide bonds. The minimum absolute atomic E-state index is 0.0326. The van der Waals surface area contributed by atoms with Gasteiger partial charge < -0.3 is 5.32 Å². The normalized spacial score (nSPS) is 11.3. The third-order valence-corrected chi connectivity index (χ3v) is 5.48. The van der Waals surface area contributed by atoms with E-state index in [1.165, 1.54) is 37.6 Å². The standard InChI is InChI=1S/C15H18N4O5S/c1-4-25(23,24)13-8-6-5-7-12(13)16-14(20)9-18-11(3)15(19(21)22)10(2)17-18/h5-8H,4,9H2,1-3H3,(H,16,20). The van der Waals surface area contributed by atoms with Gasteiger partial charge in [-0.05, 0) is 26.0 Å². The first-order chi connectivity index (χ1) is 11.7. The maximum atomic E-state index is 12.3. The van der Waals surface area contributed by atoms with Crippen LogP contribution in [0.3, 0.4) is 0 Å². The lowest BCUT2D eigenvalue weighted by Gasteiger charge is -2.11. The number of para-hydroxylation sites is 1. The number of nitrogens with zero attached hydrogens (tertiary/aromatic N) is 3. The fourth-order valence-corrected chi connectivity index (χ4v) is 3.48. The topological polar surface area (TPSA) is 124 Å². The summed E-state index contributed by atoms with van der Waals surface area (Å²) < 4.78 is 25.4. The number of rotatable bonds is 6. The van der Waals surface area contributed by atoms with Crippen LogP contribution < -0.4 is 5.32 Å².